The average molecular weight is 415 g/mol. The van der Waals surface area contributed by atoms with Crippen LogP contribution in [0.2, 0.25) is 0 Å². The van der Waals surface area contributed by atoms with Crippen molar-refractivity contribution in [2.45, 2.75) is 13.3 Å². The van der Waals surface area contributed by atoms with Gasteiger partial charge in [0.15, 0.2) is 0 Å². The van der Waals surface area contributed by atoms with E-state index in [2.05, 4.69) is 21.9 Å². The Kier molecular flexibility index (Phi) is 6.55. The molecule has 0 radical (unpaired) electrons. The molecule has 0 unspecified atom stereocenters. The van der Waals surface area contributed by atoms with Crippen molar-refractivity contribution in [1.82, 2.24) is 25.3 Å². The molecule has 0 atom stereocenters. The number of aromatic nitrogens is 2. The summed E-state index contributed by atoms with van der Waals surface area (Å²) in [6.07, 6.45) is 4.02. The first-order valence-corrected chi connectivity index (χ1v) is 9.91. The number of nitrogens with one attached hydrogen (secondary N) is 1. The predicted molar refractivity (Wildman–Crippen MR) is 107 cm³/mol. The highest BCUT2D eigenvalue weighted by atomic mass is 32.1. The van der Waals surface area contributed by atoms with Crippen LogP contribution in [0.15, 0.2) is 42.1 Å². The van der Waals surface area contributed by atoms with Gasteiger partial charge in [0.25, 0.3) is 5.91 Å². The third kappa shape index (κ3) is 4.96. The molecular weight excluding hydrogens is 394 g/mol. The van der Waals surface area contributed by atoms with E-state index in [1.807, 2.05) is 6.07 Å². The lowest BCUT2D eigenvalue weighted by molar-refractivity contribution is -0.138. The van der Waals surface area contributed by atoms with E-state index in [4.69, 9.17) is 4.74 Å². The zero-order valence-electron chi connectivity index (χ0n) is 16.0. The van der Waals surface area contributed by atoms with E-state index < -0.39 is 12.0 Å². The minimum atomic E-state index is -0.509. The van der Waals surface area contributed by atoms with Gasteiger partial charge in [-0.15, -0.1) is 11.3 Å². The molecule has 0 aromatic carbocycles. The Morgan fingerprint density at radius 1 is 1.31 bits per heavy atom. The molecule has 3 amide bonds. The SMILES string of the molecule is C=C(C)C(=O)OCCNC(=O)N1CCCN1C(=O)c1csc(-c2cccnc2)n1. The molecule has 9 nitrogen and oxygen atoms in total. The van der Waals surface area contributed by atoms with Crippen LogP contribution < -0.4 is 5.32 Å². The Labute approximate surface area is 172 Å². The summed E-state index contributed by atoms with van der Waals surface area (Å²) >= 11 is 1.35. The quantitative estimate of drug-likeness (QED) is 0.440. The van der Waals surface area contributed by atoms with Crippen molar-refractivity contribution in [3.05, 3.63) is 47.8 Å². The molecule has 0 saturated carbocycles. The van der Waals surface area contributed by atoms with E-state index >= 15 is 0 Å². The Morgan fingerprint density at radius 3 is 2.83 bits per heavy atom. The Morgan fingerprint density at radius 2 is 2.10 bits per heavy atom. The van der Waals surface area contributed by atoms with Gasteiger partial charge >= 0.3 is 12.0 Å². The molecule has 29 heavy (non-hydrogen) atoms. The third-order valence-corrected chi connectivity index (χ3v) is 4.98. The number of hydrogen-bond donors (Lipinski definition) is 1. The molecule has 2 aromatic heterocycles. The number of carbonyl (C=O) groups is 3. The van der Waals surface area contributed by atoms with Crippen LogP contribution in [0.5, 0.6) is 0 Å². The van der Waals surface area contributed by atoms with Gasteiger partial charge in [0.2, 0.25) is 0 Å². The molecule has 10 heteroatoms. The normalized spacial score (nSPS) is 13.3. The fourth-order valence-corrected chi connectivity index (χ4v) is 3.46. The molecule has 3 rings (SSSR count). The fourth-order valence-electron chi connectivity index (χ4n) is 2.68. The zero-order valence-corrected chi connectivity index (χ0v) is 16.8. The van der Waals surface area contributed by atoms with Gasteiger partial charge in [0.05, 0.1) is 6.54 Å². The van der Waals surface area contributed by atoms with Crippen LogP contribution >= 0.6 is 11.3 Å². The first-order chi connectivity index (χ1) is 14.0. The average Bonchev–Trinajstić information content (AvgIpc) is 3.41. The van der Waals surface area contributed by atoms with E-state index in [0.29, 0.717) is 30.1 Å². The number of amides is 3. The molecular formula is C19H21N5O4S. The summed E-state index contributed by atoms with van der Waals surface area (Å²) in [7, 11) is 0. The fraction of sp³-hybridized carbons (Fsp3) is 0.316. The van der Waals surface area contributed by atoms with Crippen LogP contribution in [0, 0.1) is 0 Å². The minimum absolute atomic E-state index is 0.0276. The number of rotatable bonds is 6. The van der Waals surface area contributed by atoms with Crippen molar-refractivity contribution in [2.24, 2.45) is 0 Å². The summed E-state index contributed by atoms with van der Waals surface area (Å²) in [4.78, 5) is 45.1. The molecule has 1 saturated heterocycles. The second-order valence-corrected chi connectivity index (χ2v) is 7.19. The third-order valence-electron chi connectivity index (χ3n) is 4.09. The van der Waals surface area contributed by atoms with Crippen molar-refractivity contribution < 1.29 is 19.1 Å². The van der Waals surface area contributed by atoms with Gasteiger partial charge in [-0.1, -0.05) is 6.58 Å². The van der Waals surface area contributed by atoms with Crippen LogP contribution in [0.4, 0.5) is 4.79 Å². The van der Waals surface area contributed by atoms with E-state index in [0.717, 1.165) is 5.56 Å². The Bertz CT molecular complexity index is 914. The maximum Gasteiger partial charge on any atom is 0.336 e. The van der Waals surface area contributed by atoms with Gasteiger partial charge in [0.1, 0.15) is 17.3 Å². The summed E-state index contributed by atoms with van der Waals surface area (Å²) in [5, 5.41) is 7.75. The summed E-state index contributed by atoms with van der Waals surface area (Å²) in [5.74, 6) is -0.845. The van der Waals surface area contributed by atoms with Gasteiger partial charge in [-0.05, 0) is 25.5 Å². The first-order valence-electron chi connectivity index (χ1n) is 9.03. The van der Waals surface area contributed by atoms with Gasteiger partial charge < -0.3 is 10.1 Å². The molecule has 0 bridgehead atoms. The predicted octanol–water partition coefficient (Wildman–Crippen LogP) is 2.10. The van der Waals surface area contributed by atoms with Crippen molar-refractivity contribution >= 4 is 29.2 Å². The highest BCUT2D eigenvalue weighted by Gasteiger charge is 2.32. The van der Waals surface area contributed by atoms with E-state index in [9.17, 15) is 14.4 Å². The molecule has 1 fully saturated rings. The van der Waals surface area contributed by atoms with Crippen LogP contribution in [0.3, 0.4) is 0 Å². The molecule has 3 heterocycles. The number of pyridine rings is 1. The van der Waals surface area contributed by atoms with E-state index in [1.165, 1.54) is 21.4 Å². The van der Waals surface area contributed by atoms with Crippen LogP contribution in [0.1, 0.15) is 23.8 Å². The first kappa shape index (κ1) is 20.5. The van der Waals surface area contributed by atoms with Gasteiger partial charge in [-0.25, -0.2) is 24.6 Å². The van der Waals surface area contributed by atoms with Gasteiger partial charge in [0, 0.05) is 42.0 Å². The number of urea groups is 1. The largest absolute Gasteiger partial charge is 0.460 e. The molecule has 1 N–H and O–H groups in total. The number of ether oxygens (including phenoxy) is 1. The standard InChI is InChI=1S/C19H21N5O4S/c1-13(2)18(26)28-10-7-21-19(27)24-9-4-8-23(24)17(25)15-12-29-16(22-15)14-5-3-6-20-11-14/h3,5-6,11-12H,1,4,7-10H2,2H3,(H,21,27). The molecule has 0 spiro atoms. The highest BCUT2D eigenvalue weighted by Crippen LogP contribution is 2.24. The molecule has 2 aromatic rings. The Hall–Kier alpha value is -3.27. The second kappa shape index (κ2) is 9.28. The second-order valence-electron chi connectivity index (χ2n) is 6.33. The minimum Gasteiger partial charge on any atom is -0.460 e. The van der Waals surface area contributed by atoms with Crippen LogP contribution in [-0.4, -0.2) is 64.1 Å². The molecule has 0 aliphatic carbocycles. The van der Waals surface area contributed by atoms with Gasteiger partial charge in [-0.2, -0.15) is 0 Å². The van der Waals surface area contributed by atoms with Crippen molar-refractivity contribution in [1.29, 1.82) is 0 Å². The summed E-state index contributed by atoms with van der Waals surface area (Å²) in [6, 6.07) is 3.25. The van der Waals surface area contributed by atoms with Crippen LogP contribution in [0.25, 0.3) is 10.6 Å². The smallest absolute Gasteiger partial charge is 0.336 e. The lowest BCUT2D eigenvalue weighted by Crippen LogP contribution is -2.49. The number of hydrazine groups is 1. The van der Waals surface area contributed by atoms with Gasteiger partial charge in [-0.3, -0.25) is 9.78 Å². The summed E-state index contributed by atoms with van der Waals surface area (Å²) < 4.78 is 4.94. The van der Waals surface area contributed by atoms with Crippen molar-refractivity contribution in [2.75, 3.05) is 26.2 Å². The maximum absolute atomic E-state index is 12.9. The Balaban J connectivity index is 1.58. The molecule has 1 aliphatic rings. The number of esters is 1. The van der Waals surface area contributed by atoms with Crippen molar-refractivity contribution in [3.63, 3.8) is 0 Å². The number of hydrogen-bond acceptors (Lipinski definition) is 7. The highest BCUT2D eigenvalue weighted by molar-refractivity contribution is 7.13. The van der Waals surface area contributed by atoms with E-state index in [-0.39, 0.29) is 24.8 Å². The lowest BCUT2D eigenvalue weighted by Gasteiger charge is -2.27. The number of carbonyl (C=O) groups excluding carboxylic acids is 3. The maximum atomic E-state index is 12.9. The summed E-state index contributed by atoms with van der Waals surface area (Å²) in [6.45, 7) is 6.05. The molecule has 1 aliphatic heterocycles. The monoisotopic (exact) mass is 415 g/mol. The molecule has 152 valence electrons. The number of nitrogens with zero attached hydrogens (tertiary/aromatic N) is 4. The lowest BCUT2D eigenvalue weighted by atomic mass is 10.3. The van der Waals surface area contributed by atoms with E-state index in [1.54, 1.807) is 30.8 Å². The topological polar surface area (TPSA) is 105 Å². The van der Waals surface area contributed by atoms with Crippen molar-refractivity contribution in [3.8, 4) is 10.6 Å². The van der Waals surface area contributed by atoms with Crippen LogP contribution in [-0.2, 0) is 9.53 Å². The zero-order chi connectivity index (χ0) is 20.8. The number of thiazole rings is 1. The summed E-state index contributed by atoms with van der Waals surface area (Å²) in [5.41, 5.74) is 1.40.